The van der Waals surface area contributed by atoms with Crippen LogP contribution in [-0.2, 0) is 9.59 Å². The third-order valence-electron chi connectivity index (χ3n) is 4.15. The van der Waals surface area contributed by atoms with Gasteiger partial charge in [0.05, 0.1) is 11.8 Å². The molecule has 1 fully saturated rings. The van der Waals surface area contributed by atoms with Gasteiger partial charge in [0.2, 0.25) is 11.8 Å². The van der Waals surface area contributed by atoms with Crippen LogP contribution >= 0.6 is 0 Å². The lowest BCUT2D eigenvalue weighted by Gasteiger charge is -2.09. The fourth-order valence-corrected chi connectivity index (χ4v) is 2.71. The maximum absolute atomic E-state index is 12.3. The van der Waals surface area contributed by atoms with Gasteiger partial charge in [0.1, 0.15) is 0 Å². The smallest absolute Gasteiger partial charge is 0.228 e. The van der Waals surface area contributed by atoms with Gasteiger partial charge in [0, 0.05) is 11.4 Å². The van der Waals surface area contributed by atoms with Crippen molar-refractivity contribution in [1.82, 2.24) is 0 Å². The maximum Gasteiger partial charge on any atom is 0.228 e. The summed E-state index contributed by atoms with van der Waals surface area (Å²) in [6.07, 6.45) is 0.607. The lowest BCUT2D eigenvalue weighted by molar-refractivity contribution is -0.122. The zero-order valence-electron chi connectivity index (χ0n) is 13.3. The number of aryl methyl sites for hydroxylation is 2. The van der Waals surface area contributed by atoms with Crippen molar-refractivity contribution in [2.45, 2.75) is 20.3 Å². The largest absolute Gasteiger partial charge is 0.326 e. The number of carbonyl (C=O) groups excluding carboxylic acids is 2. The Morgan fingerprint density at radius 2 is 1.57 bits per heavy atom. The van der Waals surface area contributed by atoms with Crippen molar-refractivity contribution in [3.63, 3.8) is 0 Å². The summed E-state index contributed by atoms with van der Waals surface area (Å²) in [6.45, 7) is 3.98. The van der Waals surface area contributed by atoms with E-state index in [2.05, 4.69) is 10.6 Å². The van der Waals surface area contributed by atoms with E-state index in [-0.39, 0.29) is 23.7 Å². The second kappa shape index (κ2) is 6.24. The number of rotatable bonds is 4. The van der Waals surface area contributed by atoms with Gasteiger partial charge in [-0.2, -0.15) is 0 Å². The molecule has 0 heterocycles. The molecule has 0 bridgehead atoms. The molecule has 2 unspecified atom stereocenters. The predicted molar refractivity (Wildman–Crippen MR) is 91.2 cm³/mol. The minimum atomic E-state index is -0.237. The number of hydrogen-bond donors (Lipinski definition) is 2. The SMILES string of the molecule is Cc1ccc(NC(=O)C2CC2C(=O)Nc2ccccc2)c(C)c1. The van der Waals surface area contributed by atoms with E-state index in [1.807, 2.05) is 62.4 Å². The van der Waals surface area contributed by atoms with E-state index in [0.29, 0.717) is 6.42 Å². The van der Waals surface area contributed by atoms with E-state index in [1.165, 1.54) is 0 Å². The fraction of sp³-hybridized carbons (Fsp3) is 0.263. The van der Waals surface area contributed by atoms with Crippen LogP contribution in [0.1, 0.15) is 17.5 Å². The zero-order chi connectivity index (χ0) is 16.4. The fourth-order valence-electron chi connectivity index (χ4n) is 2.71. The second-order valence-corrected chi connectivity index (χ2v) is 6.11. The molecule has 3 rings (SSSR count). The molecule has 2 aromatic rings. The van der Waals surface area contributed by atoms with Crippen molar-refractivity contribution in [2.75, 3.05) is 10.6 Å². The molecule has 4 nitrogen and oxygen atoms in total. The number of amides is 2. The first kappa shape index (κ1) is 15.3. The minimum absolute atomic E-state index is 0.0786. The van der Waals surface area contributed by atoms with Crippen molar-refractivity contribution in [3.8, 4) is 0 Å². The highest BCUT2D eigenvalue weighted by molar-refractivity contribution is 6.03. The Hall–Kier alpha value is -2.62. The first-order chi connectivity index (χ1) is 11.0. The Labute approximate surface area is 135 Å². The highest BCUT2D eigenvalue weighted by Gasteiger charge is 2.48. The summed E-state index contributed by atoms with van der Waals surface area (Å²) in [5.74, 6) is -0.637. The second-order valence-electron chi connectivity index (χ2n) is 6.11. The summed E-state index contributed by atoms with van der Waals surface area (Å²) in [4.78, 5) is 24.5. The van der Waals surface area contributed by atoms with E-state index in [1.54, 1.807) is 0 Å². The van der Waals surface area contributed by atoms with Crippen LogP contribution in [0.5, 0.6) is 0 Å². The van der Waals surface area contributed by atoms with Crippen LogP contribution in [0.3, 0.4) is 0 Å². The molecule has 1 aliphatic carbocycles. The number of hydrogen-bond acceptors (Lipinski definition) is 2. The van der Waals surface area contributed by atoms with Crippen LogP contribution in [0.25, 0.3) is 0 Å². The normalized spacial score (nSPS) is 19.0. The minimum Gasteiger partial charge on any atom is -0.326 e. The molecule has 2 atom stereocenters. The monoisotopic (exact) mass is 308 g/mol. The molecule has 0 spiro atoms. The third kappa shape index (κ3) is 3.59. The van der Waals surface area contributed by atoms with Crippen molar-refractivity contribution in [3.05, 3.63) is 59.7 Å². The van der Waals surface area contributed by atoms with E-state index < -0.39 is 0 Å². The van der Waals surface area contributed by atoms with Crippen molar-refractivity contribution in [1.29, 1.82) is 0 Å². The number of para-hydroxylation sites is 1. The summed E-state index contributed by atoms with van der Waals surface area (Å²) in [5.41, 5.74) is 3.77. The van der Waals surface area contributed by atoms with Gasteiger partial charge >= 0.3 is 0 Å². The Kier molecular flexibility index (Phi) is 4.15. The quantitative estimate of drug-likeness (QED) is 0.908. The van der Waals surface area contributed by atoms with Crippen LogP contribution in [0, 0.1) is 25.7 Å². The molecular formula is C19H20N2O2. The van der Waals surface area contributed by atoms with Gasteiger partial charge in [-0.1, -0.05) is 35.9 Å². The van der Waals surface area contributed by atoms with Crippen molar-refractivity contribution >= 4 is 23.2 Å². The summed E-state index contributed by atoms with van der Waals surface area (Å²) in [7, 11) is 0. The van der Waals surface area contributed by atoms with Crippen LogP contribution in [0.15, 0.2) is 48.5 Å². The number of carbonyl (C=O) groups is 2. The first-order valence-corrected chi connectivity index (χ1v) is 7.78. The molecular weight excluding hydrogens is 288 g/mol. The lowest BCUT2D eigenvalue weighted by Crippen LogP contribution is -2.20. The van der Waals surface area contributed by atoms with Crippen LogP contribution < -0.4 is 10.6 Å². The molecule has 0 aliphatic heterocycles. The van der Waals surface area contributed by atoms with E-state index >= 15 is 0 Å². The van der Waals surface area contributed by atoms with Gasteiger partial charge in [-0.25, -0.2) is 0 Å². The average molecular weight is 308 g/mol. The highest BCUT2D eigenvalue weighted by Crippen LogP contribution is 2.40. The summed E-state index contributed by atoms with van der Waals surface area (Å²) >= 11 is 0. The van der Waals surface area contributed by atoms with Gasteiger partial charge in [0.15, 0.2) is 0 Å². The first-order valence-electron chi connectivity index (χ1n) is 7.78. The summed E-state index contributed by atoms with van der Waals surface area (Å²) in [5, 5.41) is 5.78. The average Bonchev–Trinajstić information content (AvgIpc) is 3.32. The van der Waals surface area contributed by atoms with Gasteiger partial charge in [0.25, 0.3) is 0 Å². The molecule has 4 heteroatoms. The number of benzene rings is 2. The molecule has 2 amide bonds. The standard InChI is InChI=1S/C19H20N2O2/c1-12-8-9-17(13(2)10-12)21-19(23)16-11-15(16)18(22)20-14-6-4-3-5-7-14/h3-10,15-16H,11H2,1-2H3,(H,20,22)(H,21,23). The van der Waals surface area contributed by atoms with Gasteiger partial charge in [-0.3, -0.25) is 9.59 Å². The number of anilines is 2. The molecule has 1 saturated carbocycles. The van der Waals surface area contributed by atoms with Gasteiger partial charge in [-0.05, 0) is 44.0 Å². The topological polar surface area (TPSA) is 58.2 Å². The molecule has 2 N–H and O–H groups in total. The molecule has 2 aromatic carbocycles. The summed E-state index contributed by atoms with van der Waals surface area (Å²) in [6, 6.07) is 15.2. The molecule has 23 heavy (non-hydrogen) atoms. The van der Waals surface area contributed by atoms with Crippen molar-refractivity contribution < 1.29 is 9.59 Å². The molecule has 118 valence electrons. The molecule has 0 aromatic heterocycles. The van der Waals surface area contributed by atoms with E-state index in [0.717, 1.165) is 22.5 Å². The third-order valence-corrected chi connectivity index (χ3v) is 4.15. The predicted octanol–water partition coefficient (Wildman–Crippen LogP) is 3.52. The van der Waals surface area contributed by atoms with Crippen LogP contribution in [-0.4, -0.2) is 11.8 Å². The van der Waals surface area contributed by atoms with Crippen LogP contribution in [0.2, 0.25) is 0 Å². The Balaban J connectivity index is 1.57. The number of nitrogens with one attached hydrogen (secondary N) is 2. The lowest BCUT2D eigenvalue weighted by atomic mass is 10.1. The molecule has 0 radical (unpaired) electrons. The summed E-state index contributed by atoms with van der Waals surface area (Å²) < 4.78 is 0. The Bertz CT molecular complexity index is 740. The molecule has 1 aliphatic rings. The van der Waals surface area contributed by atoms with E-state index in [4.69, 9.17) is 0 Å². The Morgan fingerprint density at radius 3 is 2.22 bits per heavy atom. The van der Waals surface area contributed by atoms with Gasteiger partial charge < -0.3 is 10.6 Å². The zero-order valence-corrected chi connectivity index (χ0v) is 13.3. The molecule has 0 saturated heterocycles. The van der Waals surface area contributed by atoms with Crippen molar-refractivity contribution in [2.24, 2.45) is 11.8 Å². The van der Waals surface area contributed by atoms with Crippen LogP contribution in [0.4, 0.5) is 11.4 Å². The Morgan fingerprint density at radius 1 is 0.913 bits per heavy atom. The van der Waals surface area contributed by atoms with Gasteiger partial charge in [-0.15, -0.1) is 0 Å². The maximum atomic E-state index is 12.3. The van der Waals surface area contributed by atoms with E-state index in [9.17, 15) is 9.59 Å². The highest BCUT2D eigenvalue weighted by atomic mass is 16.2.